The number of ether oxygens (including phenoxy) is 1. The quantitative estimate of drug-likeness (QED) is 0.773. The van der Waals surface area contributed by atoms with Crippen molar-refractivity contribution in [3.05, 3.63) is 58.7 Å². The van der Waals surface area contributed by atoms with Gasteiger partial charge in [0.1, 0.15) is 17.0 Å². The lowest BCUT2D eigenvalue weighted by molar-refractivity contribution is 0.139. The van der Waals surface area contributed by atoms with Gasteiger partial charge < -0.3 is 4.74 Å². The molecule has 1 aliphatic heterocycles. The van der Waals surface area contributed by atoms with E-state index in [-0.39, 0.29) is 5.60 Å². The van der Waals surface area contributed by atoms with Crippen molar-refractivity contribution < 1.29 is 4.74 Å². The van der Waals surface area contributed by atoms with E-state index in [2.05, 4.69) is 37.9 Å². The highest BCUT2D eigenvalue weighted by Gasteiger charge is 2.32. The average Bonchev–Trinajstić information content (AvgIpc) is 2.83. The van der Waals surface area contributed by atoms with Crippen LogP contribution >= 0.6 is 0 Å². The lowest BCUT2D eigenvalue weighted by Gasteiger charge is -2.17. The Morgan fingerprint density at radius 3 is 2.59 bits per heavy atom. The number of nitrogens with zero attached hydrogens (tertiary/aromatic N) is 2. The first-order chi connectivity index (χ1) is 10.5. The smallest absolute Gasteiger partial charge is 0.149 e. The first-order valence-corrected chi connectivity index (χ1v) is 7.34. The third-order valence-corrected chi connectivity index (χ3v) is 3.85. The van der Waals surface area contributed by atoms with Crippen LogP contribution in [0.2, 0.25) is 0 Å². The lowest BCUT2D eigenvalue weighted by Crippen LogP contribution is -2.24. The van der Waals surface area contributed by atoms with Crippen LogP contribution in [-0.4, -0.2) is 11.8 Å². The van der Waals surface area contributed by atoms with Crippen LogP contribution in [-0.2, 0) is 6.42 Å². The van der Waals surface area contributed by atoms with Gasteiger partial charge in [0.15, 0.2) is 0 Å². The second kappa shape index (κ2) is 5.31. The van der Waals surface area contributed by atoms with E-state index in [0.29, 0.717) is 5.56 Å². The average molecular weight is 290 g/mol. The van der Waals surface area contributed by atoms with Crippen molar-refractivity contribution >= 4 is 11.9 Å². The number of hydrogen-bond donors (Lipinski definition) is 0. The molecular weight excluding hydrogens is 272 g/mol. The largest absolute Gasteiger partial charge is 0.485 e. The summed E-state index contributed by atoms with van der Waals surface area (Å²) in [6.07, 6.45) is 2.72. The zero-order valence-corrected chi connectivity index (χ0v) is 13.1. The molecule has 0 bridgehead atoms. The first-order valence-electron chi connectivity index (χ1n) is 7.34. The number of aryl methyl sites for hydroxylation is 1. The van der Waals surface area contributed by atoms with Gasteiger partial charge in [-0.3, -0.25) is 4.99 Å². The molecule has 0 fully saturated rings. The topological polar surface area (TPSA) is 45.4 Å². The number of rotatable bonds is 2. The Morgan fingerprint density at radius 2 is 1.91 bits per heavy atom. The normalized spacial score (nSPS) is 15.4. The number of aliphatic imine (C=N–C) groups is 1. The second-order valence-electron chi connectivity index (χ2n) is 6.24. The molecule has 0 aliphatic carbocycles. The van der Waals surface area contributed by atoms with E-state index in [1.165, 1.54) is 11.1 Å². The van der Waals surface area contributed by atoms with E-state index in [0.717, 1.165) is 23.4 Å². The summed E-state index contributed by atoms with van der Waals surface area (Å²) in [5.74, 6) is 0.898. The van der Waals surface area contributed by atoms with Crippen molar-refractivity contribution in [3.63, 3.8) is 0 Å². The van der Waals surface area contributed by atoms with Crippen molar-refractivity contribution in [2.45, 2.75) is 32.8 Å². The highest BCUT2D eigenvalue weighted by atomic mass is 16.5. The van der Waals surface area contributed by atoms with E-state index in [1.54, 1.807) is 18.3 Å². The van der Waals surface area contributed by atoms with Crippen LogP contribution < -0.4 is 4.74 Å². The Morgan fingerprint density at radius 1 is 1.18 bits per heavy atom. The lowest BCUT2D eigenvalue weighted by atomic mass is 9.98. The fraction of sp³-hybridized carbons (Fsp3) is 0.263. The molecule has 0 N–H and O–H groups in total. The van der Waals surface area contributed by atoms with Crippen molar-refractivity contribution in [2.24, 2.45) is 4.99 Å². The maximum atomic E-state index is 8.82. The molecule has 1 aliphatic rings. The van der Waals surface area contributed by atoms with E-state index in [9.17, 15) is 0 Å². The minimum atomic E-state index is -0.173. The van der Waals surface area contributed by atoms with Crippen LogP contribution in [0.1, 0.15) is 36.1 Å². The molecule has 22 heavy (non-hydrogen) atoms. The van der Waals surface area contributed by atoms with Gasteiger partial charge in [0.05, 0.1) is 11.6 Å². The van der Waals surface area contributed by atoms with Crippen molar-refractivity contribution in [1.82, 2.24) is 0 Å². The summed E-state index contributed by atoms with van der Waals surface area (Å²) in [4.78, 5) is 4.58. The Labute approximate surface area is 130 Å². The minimum Gasteiger partial charge on any atom is -0.485 e. The molecule has 3 nitrogen and oxygen atoms in total. The number of hydrogen-bond acceptors (Lipinski definition) is 3. The number of fused-ring (bicyclic) bond motifs is 1. The van der Waals surface area contributed by atoms with E-state index < -0.39 is 0 Å². The predicted octanol–water partition coefficient (Wildman–Crippen LogP) is 4.33. The summed E-state index contributed by atoms with van der Waals surface area (Å²) < 4.78 is 6.07. The van der Waals surface area contributed by atoms with Gasteiger partial charge in [0.25, 0.3) is 0 Å². The molecule has 1 heterocycles. The van der Waals surface area contributed by atoms with Gasteiger partial charge >= 0.3 is 0 Å². The molecule has 0 radical (unpaired) electrons. The fourth-order valence-electron chi connectivity index (χ4n) is 2.68. The van der Waals surface area contributed by atoms with Crippen molar-refractivity contribution in [1.29, 1.82) is 5.26 Å². The predicted molar refractivity (Wildman–Crippen MR) is 88.0 cm³/mol. The van der Waals surface area contributed by atoms with Crippen LogP contribution in [0.25, 0.3) is 0 Å². The first kappa shape index (κ1) is 14.3. The van der Waals surface area contributed by atoms with Gasteiger partial charge in [-0.25, -0.2) is 0 Å². The Balaban J connectivity index is 1.92. The molecule has 2 aromatic carbocycles. The van der Waals surface area contributed by atoms with Crippen molar-refractivity contribution in [2.75, 3.05) is 0 Å². The molecule has 0 atom stereocenters. The molecular formula is C19H18N2O. The zero-order valence-electron chi connectivity index (χ0n) is 13.1. The SMILES string of the molecule is Cc1ccc(N=Cc2ccc(C#N)cc2)c2c1CC(C)(C)O2. The molecule has 3 heteroatoms. The molecule has 3 rings (SSSR count). The van der Waals surface area contributed by atoms with Gasteiger partial charge in [0.2, 0.25) is 0 Å². The maximum absolute atomic E-state index is 8.82. The summed E-state index contributed by atoms with van der Waals surface area (Å²) in [5.41, 5.74) is 4.80. The molecule has 0 unspecified atom stereocenters. The maximum Gasteiger partial charge on any atom is 0.149 e. The second-order valence-corrected chi connectivity index (χ2v) is 6.24. The summed E-state index contributed by atoms with van der Waals surface area (Å²) >= 11 is 0. The zero-order chi connectivity index (χ0) is 15.7. The van der Waals surface area contributed by atoms with E-state index in [4.69, 9.17) is 10.00 Å². The summed E-state index contributed by atoms with van der Waals surface area (Å²) in [5, 5.41) is 8.82. The molecule has 0 amide bonds. The highest BCUT2D eigenvalue weighted by molar-refractivity contribution is 5.83. The molecule has 0 aromatic heterocycles. The number of benzene rings is 2. The summed E-state index contributed by atoms with van der Waals surface area (Å²) in [6, 6.07) is 13.6. The van der Waals surface area contributed by atoms with E-state index >= 15 is 0 Å². The van der Waals surface area contributed by atoms with Crippen LogP contribution in [0.4, 0.5) is 5.69 Å². The molecule has 2 aromatic rings. The van der Waals surface area contributed by atoms with Crippen LogP contribution in [0.5, 0.6) is 5.75 Å². The monoisotopic (exact) mass is 290 g/mol. The standard InChI is InChI=1S/C19H18N2O/c1-13-4-9-17(18-16(13)10-19(2,3)22-18)21-12-15-7-5-14(11-20)6-8-15/h4-9,12H,10H2,1-3H3. The van der Waals surface area contributed by atoms with Gasteiger partial charge in [-0.05, 0) is 50.1 Å². The highest BCUT2D eigenvalue weighted by Crippen LogP contribution is 2.43. The third-order valence-electron chi connectivity index (χ3n) is 3.85. The van der Waals surface area contributed by atoms with Crippen LogP contribution in [0.3, 0.4) is 0 Å². The van der Waals surface area contributed by atoms with E-state index in [1.807, 2.05) is 18.2 Å². The van der Waals surface area contributed by atoms with Crippen LogP contribution in [0, 0.1) is 18.3 Å². The number of nitriles is 1. The Hall–Kier alpha value is -2.60. The van der Waals surface area contributed by atoms with Gasteiger partial charge in [0, 0.05) is 18.2 Å². The fourth-order valence-corrected chi connectivity index (χ4v) is 2.68. The Kier molecular flexibility index (Phi) is 3.46. The summed E-state index contributed by atoms with van der Waals surface area (Å²) in [7, 11) is 0. The Bertz CT molecular complexity index is 780. The van der Waals surface area contributed by atoms with Crippen molar-refractivity contribution in [3.8, 4) is 11.8 Å². The van der Waals surface area contributed by atoms with Gasteiger partial charge in [-0.1, -0.05) is 18.2 Å². The minimum absolute atomic E-state index is 0.173. The third kappa shape index (κ3) is 2.73. The molecule has 0 saturated heterocycles. The molecule has 110 valence electrons. The van der Waals surface area contributed by atoms with Gasteiger partial charge in [-0.2, -0.15) is 5.26 Å². The van der Waals surface area contributed by atoms with Gasteiger partial charge in [-0.15, -0.1) is 0 Å². The summed E-state index contributed by atoms with van der Waals surface area (Å²) in [6.45, 7) is 6.30. The molecule has 0 saturated carbocycles. The van der Waals surface area contributed by atoms with Crippen LogP contribution in [0.15, 0.2) is 41.4 Å². The molecule has 0 spiro atoms.